The molecule has 2 aromatic rings. The van der Waals surface area contributed by atoms with Gasteiger partial charge in [0.2, 0.25) is 0 Å². The first-order chi connectivity index (χ1) is 12.4. The van der Waals surface area contributed by atoms with Crippen molar-refractivity contribution in [3.63, 3.8) is 0 Å². The summed E-state index contributed by atoms with van der Waals surface area (Å²) in [5, 5.41) is 10.7. The Hall–Kier alpha value is -2.74. The molecule has 1 aliphatic rings. The van der Waals surface area contributed by atoms with Gasteiger partial charge in [0.15, 0.2) is 9.84 Å². The number of amides is 1. The van der Waals surface area contributed by atoms with Crippen LogP contribution in [0.15, 0.2) is 59.5 Å². The van der Waals surface area contributed by atoms with Crippen molar-refractivity contribution in [2.45, 2.75) is 23.8 Å². The van der Waals surface area contributed by atoms with Gasteiger partial charge in [0.25, 0.3) is 11.6 Å². The molecule has 1 unspecified atom stereocenters. The van der Waals surface area contributed by atoms with Crippen LogP contribution in [0.25, 0.3) is 0 Å². The SMILES string of the molecule is O=C(c1ccc([N+](=O)[O-])cc1)N1CCCC1CS(=O)(=O)c1ccccc1. The molecule has 2 aromatic carbocycles. The van der Waals surface area contributed by atoms with Crippen LogP contribution >= 0.6 is 0 Å². The summed E-state index contributed by atoms with van der Waals surface area (Å²) in [6, 6.07) is 13.1. The monoisotopic (exact) mass is 374 g/mol. The standard InChI is InChI=1S/C18H18N2O5S/c21-18(14-8-10-15(11-9-14)20(22)23)19-12-4-5-16(19)13-26(24,25)17-6-2-1-3-7-17/h1-3,6-11,16H,4-5,12-13H2. The van der Waals surface area contributed by atoms with Crippen LogP contribution in [0.3, 0.4) is 0 Å². The molecule has 26 heavy (non-hydrogen) atoms. The molecular weight excluding hydrogens is 356 g/mol. The van der Waals surface area contributed by atoms with E-state index in [-0.39, 0.29) is 22.2 Å². The van der Waals surface area contributed by atoms with Gasteiger partial charge in [-0.25, -0.2) is 8.42 Å². The van der Waals surface area contributed by atoms with Gasteiger partial charge in [0.1, 0.15) is 0 Å². The Morgan fingerprint density at radius 1 is 1.12 bits per heavy atom. The molecule has 1 aliphatic heterocycles. The highest BCUT2D eigenvalue weighted by molar-refractivity contribution is 7.91. The molecule has 0 saturated carbocycles. The molecule has 1 heterocycles. The van der Waals surface area contributed by atoms with Crippen molar-refractivity contribution in [1.82, 2.24) is 4.90 Å². The van der Waals surface area contributed by atoms with Crippen LogP contribution in [-0.2, 0) is 9.84 Å². The summed E-state index contributed by atoms with van der Waals surface area (Å²) in [7, 11) is -3.49. The smallest absolute Gasteiger partial charge is 0.269 e. The first-order valence-electron chi connectivity index (χ1n) is 8.22. The lowest BCUT2D eigenvalue weighted by Crippen LogP contribution is -2.39. The normalized spacial score (nSPS) is 17.2. The maximum atomic E-state index is 12.7. The lowest BCUT2D eigenvalue weighted by atomic mass is 10.1. The van der Waals surface area contributed by atoms with Gasteiger partial charge in [-0.2, -0.15) is 0 Å². The number of nitrogens with zero attached hydrogens (tertiary/aromatic N) is 2. The number of hydrogen-bond donors (Lipinski definition) is 0. The van der Waals surface area contributed by atoms with Gasteiger partial charge in [-0.3, -0.25) is 14.9 Å². The summed E-state index contributed by atoms with van der Waals surface area (Å²) in [5.41, 5.74) is 0.228. The second-order valence-corrected chi connectivity index (χ2v) is 8.23. The van der Waals surface area contributed by atoms with Crippen LogP contribution in [0.2, 0.25) is 0 Å². The van der Waals surface area contributed by atoms with Gasteiger partial charge in [-0.05, 0) is 37.1 Å². The third kappa shape index (κ3) is 3.75. The first-order valence-corrected chi connectivity index (χ1v) is 9.87. The summed E-state index contributed by atoms with van der Waals surface area (Å²) < 4.78 is 25.2. The molecule has 0 radical (unpaired) electrons. The molecule has 1 amide bonds. The van der Waals surface area contributed by atoms with Gasteiger partial charge in [0.05, 0.1) is 15.6 Å². The highest BCUT2D eigenvalue weighted by Crippen LogP contribution is 2.24. The van der Waals surface area contributed by atoms with Gasteiger partial charge >= 0.3 is 0 Å². The average Bonchev–Trinajstić information content (AvgIpc) is 3.09. The Morgan fingerprint density at radius 3 is 2.38 bits per heavy atom. The van der Waals surface area contributed by atoms with E-state index in [9.17, 15) is 23.3 Å². The Morgan fingerprint density at radius 2 is 1.77 bits per heavy atom. The number of benzene rings is 2. The highest BCUT2D eigenvalue weighted by atomic mass is 32.2. The van der Waals surface area contributed by atoms with Crippen molar-refractivity contribution in [1.29, 1.82) is 0 Å². The zero-order chi connectivity index (χ0) is 18.7. The molecule has 136 valence electrons. The molecule has 0 N–H and O–H groups in total. The Balaban J connectivity index is 1.77. The fourth-order valence-electron chi connectivity index (χ4n) is 3.15. The number of likely N-dealkylation sites (tertiary alicyclic amines) is 1. The van der Waals surface area contributed by atoms with Crippen molar-refractivity contribution >= 4 is 21.4 Å². The Labute approximate surface area is 151 Å². The van der Waals surface area contributed by atoms with E-state index in [0.717, 1.165) is 6.42 Å². The van der Waals surface area contributed by atoms with E-state index >= 15 is 0 Å². The number of sulfone groups is 1. The topological polar surface area (TPSA) is 97.6 Å². The van der Waals surface area contributed by atoms with E-state index in [2.05, 4.69) is 0 Å². The second kappa shape index (κ2) is 7.25. The minimum absolute atomic E-state index is 0.0915. The summed E-state index contributed by atoms with van der Waals surface area (Å²) in [4.78, 5) is 24.7. The average molecular weight is 374 g/mol. The van der Waals surface area contributed by atoms with Crippen LogP contribution in [0.1, 0.15) is 23.2 Å². The molecule has 1 fully saturated rings. The quantitative estimate of drug-likeness (QED) is 0.592. The number of nitro benzene ring substituents is 1. The molecule has 3 rings (SSSR count). The maximum Gasteiger partial charge on any atom is 0.269 e. The van der Waals surface area contributed by atoms with E-state index in [1.165, 1.54) is 24.3 Å². The van der Waals surface area contributed by atoms with Crippen molar-refractivity contribution in [2.24, 2.45) is 0 Å². The third-order valence-corrected chi connectivity index (χ3v) is 6.29. The molecule has 0 spiro atoms. The van der Waals surface area contributed by atoms with Crippen molar-refractivity contribution < 1.29 is 18.1 Å². The van der Waals surface area contributed by atoms with Gasteiger partial charge in [-0.15, -0.1) is 0 Å². The van der Waals surface area contributed by atoms with E-state index < -0.39 is 20.8 Å². The Kier molecular flexibility index (Phi) is 5.03. The molecule has 8 heteroatoms. The predicted molar refractivity (Wildman–Crippen MR) is 95.6 cm³/mol. The van der Waals surface area contributed by atoms with E-state index in [1.54, 1.807) is 35.2 Å². The highest BCUT2D eigenvalue weighted by Gasteiger charge is 2.33. The number of rotatable bonds is 5. The second-order valence-electron chi connectivity index (χ2n) is 6.19. The predicted octanol–water partition coefficient (Wildman–Crippen LogP) is 2.67. The largest absolute Gasteiger partial charge is 0.335 e. The number of hydrogen-bond acceptors (Lipinski definition) is 5. The summed E-state index contributed by atoms with van der Waals surface area (Å²) in [6.45, 7) is 0.477. The molecular formula is C18H18N2O5S. The van der Waals surface area contributed by atoms with Gasteiger partial charge < -0.3 is 4.90 Å². The van der Waals surface area contributed by atoms with E-state index in [1.807, 2.05) is 0 Å². The first kappa shape index (κ1) is 18.1. The van der Waals surface area contributed by atoms with Crippen molar-refractivity contribution in [2.75, 3.05) is 12.3 Å². The zero-order valence-corrected chi connectivity index (χ0v) is 14.8. The number of non-ortho nitro benzene ring substituents is 1. The molecule has 0 aliphatic carbocycles. The summed E-state index contributed by atoms with van der Waals surface area (Å²) >= 11 is 0. The number of carbonyl (C=O) groups is 1. The van der Waals surface area contributed by atoms with Crippen LogP contribution < -0.4 is 0 Å². The minimum atomic E-state index is -3.49. The fourth-order valence-corrected chi connectivity index (χ4v) is 4.76. The van der Waals surface area contributed by atoms with E-state index in [0.29, 0.717) is 18.5 Å². The van der Waals surface area contributed by atoms with Crippen LogP contribution in [0, 0.1) is 10.1 Å². The minimum Gasteiger partial charge on any atom is -0.335 e. The van der Waals surface area contributed by atoms with Crippen molar-refractivity contribution in [3.8, 4) is 0 Å². The van der Waals surface area contributed by atoms with Crippen LogP contribution in [-0.4, -0.2) is 42.5 Å². The third-order valence-electron chi connectivity index (χ3n) is 4.48. The van der Waals surface area contributed by atoms with Gasteiger partial charge in [0, 0.05) is 30.3 Å². The molecule has 0 bridgehead atoms. The van der Waals surface area contributed by atoms with Gasteiger partial charge in [-0.1, -0.05) is 18.2 Å². The Bertz CT molecular complexity index is 910. The fraction of sp³-hybridized carbons (Fsp3) is 0.278. The zero-order valence-electron chi connectivity index (χ0n) is 13.9. The molecule has 0 aromatic heterocycles. The maximum absolute atomic E-state index is 12.7. The summed E-state index contributed by atoms with van der Waals surface area (Å²) in [6.07, 6.45) is 1.35. The summed E-state index contributed by atoms with van der Waals surface area (Å²) in [5.74, 6) is -0.430. The van der Waals surface area contributed by atoms with Crippen LogP contribution in [0.4, 0.5) is 5.69 Å². The molecule has 7 nitrogen and oxygen atoms in total. The molecule has 1 atom stereocenters. The number of carbonyl (C=O) groups excluding carboxylic acids is 1. The lowest BCUT2D eigenvalue weighted by molar-refractivity contribution is -0.384. The van der Waals surface area contributed by atoms with E-state index in [4.69, 9.17) is 0 Å². The molecule has 1 saturated heterocycles. The van der Waals surface area contributed by atoms with Crippen molar-refractivity contribution in [3.05, 3.63) is 70.3 Å². The number of nitro groups is 1. The lowest BCUT2D eigenvalue weighted by Gasteiger charge is -2.24. The van der Waals surface area contributed by atoms with Crippen LogP contribution in [0.5, 0.6) is 0 Å².